The average molecular weight is 296 g/mol. The number of ether oxygens (including phenoxy) is 1. The molecule has 2 heterocycles. The summed E-state index contributed by atoms with van der Waals surface area (Å²) in [4.78, 5) is 33.4. The van der Waals surface area contributed by atoms with E-state index in [1.54, 1.807) is 27.0 Å². The molecule has 2 rings (SSSR count). The Morgan fingerprint density at radius 2 is 2.05 bits per heavy atom. The second kappa shape index (κ2) is 4.93. The number of ketones is 1. The highest BCUT2D eigenvalue weighted by atomic mass is 32.2. The summed E-state index contributed by atoms with van der Waals surface area (Å²) in [6.45, 7) is 5.16. The summed E-state index contributed by atoms with van der Waals surface area (Å²) in [6, 6.07) is 0. The molecule has 0 fully saturated rings. The minimum Gasteiger partial charge on any atom is -0.443 e. The number of anilines is 2. The molecule has 108 valence electrons. The maximum absolute atomic E-state index is 12.1. The number of rotatable bonds is 1. The number of amides is 1. The topological polar surface area (TPSA) is 98.4 Å². The Morgan fingerprint density at radius 3 is 2.60 bits per heavy atom. The van der Waals surface area contributed by atoms with E-state index in [9.17, 15) is 9.59 Å². The number of Topliss-reactive ketones (excluding diaryl/α,β-unsaturated/α-hetero) is 1. The number of carbonyl (C=O) groups is 2. The van der Waals surface area contributed by atoms with Crippen molar-refractivity contribution in [3.05, 3.63) is 5.56 Å². The largest absolute Gasteiger partial charge is 0.443 e. The van der Waals surface area contributed by atoms with Crippen molar-refractivity contribution in [2.75, 3.05) is 23.4 Å². The van der Waals surface area contributed by atoms with E-state index in [-0.39, 0.29) is 24.1 Å². The van der Waals surface area contributed by atoms with Crippen LogP contribution in [0.2, 0.25) is 0 Å². The SMILES string of the molecule is CSc1nc(N)nc2c1C(=O)CN2C(=O)OC(C)(C)C. The Labute approximate surface area is 120 Å². The van der Waals surface area contributed by atoms with Crippen LogP contribution in [0.4, 0.5) is 16.6 Å². The molecule has 20 heavy (non-hydrogen) atoms. The quantitative estimate of drug-likeness (QED) is 0.622. The predicted octanol–water partition coefficient (Wildman–Crippen LogP) is 1.72. The zero-order valence-electron chi connectivity index (χ0n) is 11.8. The Bertz CT molecular complexity index is 583. The van der Waals surface area contributed by atoms with Crippen LogP contribution in [-0.2, 0) is 4.74 Å². The first kappa shape index (κ1) is 14.6. The number of nitrogen functional groups attached to an aromatic ring is 1. The predicted molar refractivity (Wildman–Crippen MR) is 76.1 cm³/mol. The molecular formula is C12H16N4O3S. The Morgan fingerprint density at radius 1 is 1.40 bits per heavy atom. The fourth-order valence-corrected chi connectivity index (χ4v) is 2.39. The molecule has 0 aliphatic carbocycles. The van der Waals surface area contributed by atoms with E-state index in [2.05, 4.69) is 9.97 Å². The van der Waals surface area contributed by atoms with E-state index in [0.717, 1.165) is 0 Å². The number of carbonyl (C=O) groups excluding carboxylic acids is 2. The van der Waals surface area contributed by atoms with Gasteiger partial charge in [0, 0.05) is 0 Å². The summed E-state index contributed by atoms with van der Waals surface area (Å²) in [5.41, 5.74) is 5.30. The lowest BCUT2D eigenvalue weighted by atomic mass is 10.2. The fraction of sp³-hybridized carbons (Fsp3) is 0.500. The average Bonchev–Trinajstić information content (AvgIpc) is 2.63. The van der Waals surface area contributed by atoms with E-state index in [1.807, 2.05) is 0 Å². The molecule has 7 nitrogen and oxygen atoms in total. The molecule has 1 aromatic heterocycles. The van der Waals surface area contributed by atoms with Crippen molar-refractivity contribution in [1.82, 2.24) is 9.97 Å². The van der Waals surface area contributed by atoms with Crippen molar-refractivity contribution < 1.29 is 14.3 Å². The molecule has 0 radical (unpaired) electrons. The number of hydrogen-bond donors (Lipinski definition) is 1. The van der Waals surface area contributed by atoms with E-state index in [4.69, 9.17) is 10.5 Å². The molecule has 0 aromatic carbocycles. The van der Waals surface area contributed by atoms with Crippen LogP contribution in [0.1, 0.15) is 31.1 Å². The normalized spacial score (nSPS) is 14.4. The molecule has 0 unspecified atom stereocenters. The molecule has 1 aromatic rings. The van der Waals surface area contributed by atoms with Crippen LogP contribution in [0, 0.1) is 0 Å². The summed E-state index contributed by atoms with van der Waals surface area (Å²) in [7, 11) is 0. The Kier molecular flexibility index (Phi) is 3.59. The van der Waals surface area contributed by atoms with Crippen molar-refractivity contribution in [3.8, 4) is 0 Å². The van der Waals surface area contributed by atoms with Gasteiger partial charge in [0.15, 0.2) is 11.6 Å². The van der Waals surface area contributed by atoms with Gasteiger partial charge in [-0.15, -0.1) is 11.8 Å². The molecule has 0 atom stereocenters. The first-order valence-electron chi connectivity index (χ1n) is 5.98. The highest BCUT2D eigenvalue weighted by Crippen LogP contribution is 2.33. The van der Waals surface area contributed by atoms with Gasteiger partial charge >= 0.3 is 6.09 Å². The molecule has 0 spiro atoms. The van der Waals surface area contributed by atoms with Gasteiger partial charge in [-0.25, -0.2) is 9.78 Å². The van der Waals surface area contributed by atoms with Crippen LogP contribution in [0.5, 0.6) is 0 Å². The summed E-state index contributed by atoms with van der Waals surface area (Å²) in [6.07, 6.45) is 1.17. The van der Waals surface area contributed by atoms with Crippen LogP contribution in [0.25, 0.3) is 0 Å². The summed E-state index contributed by atoms with van der Waals surface area (Å²) in [5, 5.41) is 0.476. The van der Waals surface area contributed by atoms with Gasteiger partial charge in [0.1, 0.15) is 10.6 Å². The van der Waals surface area contributed by atoms with Gasteiger partial charge in [-0.05, 0) is 27.0 Å². The van der Waals surface area contributed by atoms with Gasteiger partial charge in [-0.3, -0.25) is 9.69 Å². The third-order valence-electron chi connectivity index (χ3n) is 2.52. The third kappa shape index (κ3) is 2.69. The first-order valence-corrected chi connectivity index (χ1v) is 7.20. The number of aromatic nitrogens is 2. The molecule has 0 saturated heterocycles. The minimum atomic E-state index is -0.649. The van der Waals surface area contributed by atoms with E-state index in [0.29, 0.717) is 10.6 Å². The van der Waals surface area contributed by atoms with Crippen LogP contribution >= 0.6 is 11.8 Å². The Hall–Kier alpha value is -1.83. The van der Waals surface area contributed by atoms with E-state index in [1.165, 1.54) is 16.7 Å². The zero-order valence-corrected chi connectivity index (χ0v) is 12.6. The van der Waals surface area contributed by atoms with E-state index < -0.39 is 11.7 Å². The molecule has 2 N–H and O–H groups in total. The van der Waals surface area contributed by atoms with Crippen LogP contribution in [-0.4, -0.2) is 40.2 Å². The highest BCUT2D eigenvalue weighted by Gasteiger charge is 2.37. The lowest BCUT2D eigenvalue weighted by molar-refractivity contribution is 0.0578. The molecule has 1 aliphatic heterocycles. The summed E-state index contributed by atoms with van der Waals surface area (Å²) < 4.78 is 5.27. The van der Waals surface area contributed by atoms with Crippen LogP contribution in [0.3, 0.4) is 0 Å². The van der Waals surface area contributed by atoms with Gasteiger partial charge in [0.25, 0.3) is 0 Å². The molecule has 0 bridgehead atoms. The lowest BCUT2D eigenvalue weighted by Crippen LogP contribution is -2.36. The van der Waals surface area contributed by atoms with Crippen molar-refractivity contribution in [2.45, 2.75) is 31.4 Å². The smallest absolute Gasteiger partial charge is 0.416 e. The van der Waals surface area contributed by atoms with Gasteiger partial charge in [0.05, 0.1) is 12.1 Å². The van der Waals surface area contributed by atoms with Crippen LogP contribution in [0.15, 0.2) is 5.03 Å². The number of fused-ring (bicyclic) bond motifs is 1. The van der Waals surface area contributed by atoms with E-state index >= 15 is 0 Å². The molecular weight excluding hydrogens is 280 g/mol. The van der Waals surface area contributed by atoms with Gasteiger partial charge in [0.2, 0.25) is 5.95 Å². The standard InChI is InChI=1S/C12H16N4O3S/c1-12(2,3)19-11(18)16-5-6(17)7-8(16)14-10(13)15-9(7)20-4/h5H2,1-4H3,(H2,13,14,15). The number of nitrogens with zero attached hydrogens (tertiary/aromatic N) is 3. The van der Waals surface area contributed by atoms with Gasteiger partial charge < -0.3 is 10.5 Å². The van der Waals surface area contributed by atoms with Crippen LogP contribution < -0.4 is 10.6 Å². The van der Waals surface area contributed by atoms with Gasteiger partial charge in [-0.1, -0.05) is 0 Å². The maximum atomic E-state index is 12.1. The second-order valence-corrected chi connectivity index (χ2v) is 6.07. The number of thioether (sulfide) groups is 1. The number of nitrogens with two attached hydrogens (primary N) is 1. The molecule has 1 aliphatic rings. The first-order chi connectivity index (χ1) is 9.23. The Balaban J connectivity index is 2.42. The van der Waals surface area contributed by atoms with Crippen molar-refractivity contribution in [3.63, 3.8) is 0 Å². The maximum Gasteiger partial charge on any atom is 0.416 e. The fourth-order valence-electron chi connectivity index (χ4n) is 1.80. The monoisotopic (exact) mass is 296 g/mol. The molecule has 0 saturated carbocycles. The molecule has 8 heteroatoms. The number of hydrogen-bond acceptors (Lipinski definition) is 7. The van der Waals surface area contributed by atoms with Gasteiger partial charge in [-0.2, -0.15) is 4.98 Å². The third-order valence-corrected chi connectivity index (χ3v) is 3.20. The van der Waals surface area contributed by atoms with Crippen molar-refractivity contribution >= 4 is 35.4 Å². The lowest BCUT2D eigenvalue weighted by Gasteiger charge is -2.23. The highest BCUT2D eigenvalue weighted by molar-refractivity contribution is 7.98. The minimum absolute atomic E-state index is 0.0244. The second-order valence-electron chi connectivity index (χ2n) is 5.28. The zero-order chi connectivity index (χ0) is 15.1. The summed E-state index contributed by atoms with van der Waals surface area (Å²) >= 11 is 1.29. The molecule has 1 amide bonds. The van der Waals surface area contributed by atoms with Crippen molar-refractivity contribution in [1.29, 1.82) is 0 Å². The van der Waals surface area contributed by atoms with Crippen molar-refractivity contribution in [2.24, 2.45) is 0 Å². The summed E-state index contributed by atoms with van der Waals surface area (Å²) in [5.74, 6) is 0.0349.